The van der Waals surface area contributed by atoms with E-state index in [1.54, 1.807) is 12.1 Å². The molecular formula is C19H25Cl2N5O. The number of hydrogen-bond donors (Lipinski definition) is 2. The molecule has 0 aliphatic carbocycles. The number of aromatic nitrogens is 2. The lowest BCUT2D eigenvalue weighted by Gasteiger charge is -2.32. The lowest BCUT2D eigenvalue weighted by Crippen LogP contribution is -2.39. The standard InChI is InChI=1S/C19H25Cl2N5O/c1-13-11-18(25-19(22)24-13)23-7-2-8-26-9-5-14(6-10-26)27-15-3-4-16(20)17(21)12-15/h3-4,11-12,14H,2,5-10H2,1H3,(H3,22,23,24,25). The number of nitrogen functional groups attached to an aromatic ring is 1. The molecule has 0 amide bonds. The topological polar surface area (TPSA) is 76.3 Å². The van der Waals surface area contributed by atoms with Gasteiger partial charge in [-0.05, 0) is 44.9 Å². The summed E-state index contributed by atoms with van der Waals surface area (Å²) in [5.74, 6) is 1.88. The lowest BCUT2D eigenvalue weighted by molar-refractivity contribution is 0.100. The molecule has 2 aromatic rings. The van der Waals surface area contributed by atoms with E-state index in [9.17, 15) is 0 Å². The van der Waals surface area contributed by atoms with Crippen LogP contribution < -0.4 is 15.8 Å². The number of nitrogens with zero attached hydrogens (tertiary/aromatic N) is 3. The molecule has 0 unspecified atom stereocenters. The van der Waals surface area contributed by atoms with Gasteiger partial charge < -0.3 is 20.7 Å². The van der Waals surface area contributed by atoms with Crippen molar-refractivity contribution in [2.75, 3.05) is 37.2 Å². The van der Waals surface area contributed by atoms with Crippen molar-refractivity contribution in [3.63, 3.8) is 0 Å². The van der Waals surface area contributed by atoms with Gasteiger partial charge in [0.2, 0.25) is 5.95 Å². The molecule has 0 radical (unpaired) electrons. The van der Waals surface area contributed by atoms with Gasteiger partial charge in [0.25, 0.3) is 0 Å². The summed E-state index contributed by atoms with van der Waals surface area (Å²) in [6.45, 7) is 5.88. The zero-order valence-electron chi connectivity index (χ0n) is 15.4. The SMILES string of the molecule is Cc1cc(NCCCN2CCC(Oc3ccc(Cl)c(Cl)c3)CC2)nc(N)n1. The number of benzene rings is 1. The Morgan fingerprint density at radius 1 is 1.19 bits per heavy atom. The number of rotatable bonds is 7. The lowest BCUT2D eigenvalue weighted by atomic mass is 10.1. The zero-order chi connectivity index (χ0) is 19.2. The Morgan fingerprint density at radius 2 is 1.96 bits per heavy atom. The Labute approximate surface area is 170 Å². The van der Waals surface area contributed by atoms with Gasteiger partial charge in [0, 0.05) is 37.5 Å². The molecule has 146 valence electrons. The van der Waals surface area contributed by atoms with Crippen LogP contribution >= 0.6 is 23.2 Å². The summed E-state index contributed by atoms with van der Waals surface area (Å²) < 4.78 is 6.04. The highest BCUT2D eigenvalue weighted by Crippen LogP contribution is 2.28. The Morgan fingerprint density at radius 3 is 2.67 bits per heavy atom. The van der Waals surface area contributed by atoms with Crippen molar-refractivity contribution in [3.05, 3.63) is 40.0 Å². The summed E-state index contributed by atoms with van der Waals surface area (Å²) in [5, 5.41) is 4.39. The van der Waals surface area contributed by atoms with E-state index in [1.165, 1.54) is 0 Å². The molecule has 8 heteroatoms. The van der Waals surface area contributed by atoms with E-state index in [4.69, 9.17) is 33.7 Å². The first-order valence-corrected chi connectivity index (χ1v) is 9.94. The molecule has 0 spiro atoms. The third kappa shape index (κ3) is 6.13. The van der Waals surface area contributed by atoms with Crippen LogP contribution in [-0.4, -0.2) is 47.2 Å². The number of anilines is 2. The van der Waals surface area contributed by atoms with Crippen LogP contribution in [0.2, 0.25) is 10.0 Å². The number of nitrogens with one attached hydrogen (secondary N) is 1. The fourth-order valence-electron chi connectivity index (χ4n) is 3.19. The van der Waals surface area contributed by atoms with Gasteiger partial charge in [0.15, 0.2) is 0 Å². The smallest absolute Gasteiger partial charge is 0.222 e. The van der Waals surface area contributed by atoms with Gasteiger partial charge >= 0.3 is 0 Å². The molecule has 1 aromatic heterocycles. The predicted molar refractivity (Wildman–Crippen MR) is 111 cm³/mol. The van der Waals surface area contributed by atoms with Crippen LogP contribution in [0.1, 0.15) is 25.0 Å². The number of aryl methyl sites for hydroxylation is 1. The van der Waals surface area contributed by atoms with Crippen molar-refractivity contribution in [2.45, 2.75) is 32.3 Å². The van der Waals surface area contributed by atoms with Crippen molar-refractivity contribution < 1.29 is 4.74 Å². The fraction of sp³-hybridized carbons (Fsp3) is 0.474. The second-order valence-electron chi connectivity index (χ2n) is 6.77. The van der Waals surface area contributed by atoms with Crippen LogP contribution in [0.4, 0.5) is 11.8 Å². The normalized spacial score (nSPS) is 15.7. The highest BCUT2D eigenvalue weighted by atomic mass is 35.5. The predicted octanol–water partition coefficient (Wildman–Crippen LogP) is 4.02. The second kappa shape index (κ2) is 9.44. The third-order valence-corrected chi connectivity index (χ3v) is 5.30. The van der Waals surface area contributed by atoms with Gasteiger partial charge in [-0.25, -0.2) is 4.98 Å². The van der Waals surface area contributed by atoms with Crippen molar-refractivity contribution in [3.8, 4) is 5.75 Å². The maximum absolute atomic E-state index is 6.05. The van der Waals surface area contributed by atoms with Crippen LogP contribution in [0.25, 0.3) is 0 Å². The highest BCUT2D eigenvalue weighted by molar-refractivity contribution is 6.42. The van der Waals surface area contributed by atoms with Gasteiger partial charge in [-0.15, -0.1) is 0 Å². The fourth-order valence-corrected chi connectivity index (χ4v) is 3.48. The molecule has 2 heterocycles. The molecule has 0 bridgehead atoms. The Balaban J connectivity index is 1.35. The maximum Gasteiger partial charge on any atom is 0.222 e. The minimum Gasteiger partial charge on any atom is -0.490 e. The molecule has 1 saturated heterocycles. The number of likely N-dealkylation sites (tertiary alicyclic amines) is 1. The largest absolute Gasteiger partial charge is 0.490 e. The first-order valence-electron chi connectivity index (χ1n) is 9.19. The van der Waals surface area contributed by atoms with Crippen molar-refractivity contribution in [2.24, 2.45) is 0 Å². The van der Waals surface area contributed by atoms with E-state index >= 15 is 0 Å². The molecule has 1 aromatic carbocycles. The minimum absolute atomic E-state index is 0.226. The Bertz CT molecular complexity index is 746. The summed E-state index contributed by atoms with van der Waals surface area (Å²) in [4.78, 5) is 10.7. The zero-order valence-corrected chi connectivity index (χ0v) is 16.9. The van der Waals surface area contributed by atoms with E-state index in [-0.39, 0.29) is 6.10 Å². The van der Waals surface area contributed by atoms with Gasteiger partial charge in [-0.3, -0.25) is 0 Å². The number of halogens is 2. The summed E-state index contributed by atoms with van der Waals surface area (Å²) in [6, 6.07) is 7.33. The molecule has 27 heavy (non-hydrogen) atoms. The van der Waals surface area contributed by atoms with Gasteiger partial charge in [0.1, 0.15) is 17.7 Å². The van der Waals surface area contributed by atoms with Crippen LogP contribution in [0, 0.1) is 6.92 Å². The molecule has 6 nitrogen and oxygen atoms in total. The minimum atomic E-state index is 0.226. The molecule has 1 aliphatic heterocycles. The number of piperidine rings is 1. The monoisotopic (exact) mass is 409 g/mol. The van der Waals surface area contributed by atoms with Crippen LogP contribution in [-0.2, 0) is 0 Å². The van der Waals surface area contributed by atoms with E-state index in [0.29, 0.717) is 16.0 Å². The summed E-state index contributed by atoms with van der Waals surface area (Å²) in [5.41, 5.74) is 6.54. The van der Waals surface area contributed by atoms with E-state index in [2.05, 4.69) is 20.2 Å². The first-order chi connectivity index (χ1) is 13.0. The number of hydrogen-bond acceptors (Lipinski definition) is 6. The van der Waals surface area contributed by atoms with E-state index in [1.807, 2.05) is 19.1 Å². The molecular weight excluding hydrogens is 385 g/mol. The van der Waals surface area contributed by atoms with Gasteiger partial charge in [-0.2, -0.15) is 4.98 Å². The molecule has 3 rings (SSSR count). The van der Waals surface area contributed by atoms with Crippen molar-refractivity contribution >= 4 is 35.0 Å². The van der Waals surface area contributed by atoms with Gasteiger partial charge in [-0.1, -0.05) is 23.2 Å². The van der Waals surface area contributed by atoms with Crippen molar-refractivity contribution in [1.82, 2.24) is 14.9 Å². The average Bonchev–Trinajstić information content (AvgIpc) is 2.62. The van der Waals surface area contributed by atoms with Gasteiger partial charge in [0.05, 0.1) is 10.0 Å². The highest BCUT2D eigenvalue weighted by Gasteiger charge is 2.20. The number of ether oxygens (including phenoxy) is 1. The molecule has 1 aliphatic rings. The van der Waals surface area contributed by atoms with Crippen molar-refractivity contribution in [1.29, 1.82) is 0 Å². The van der Waals surface area contributed by atoms with E-state index < -0.39 is 0 Å². The van der Waals surface area contributed by atoms with E-state index in [0.717, 1.165) is 62.7 Å². The second-order valence-corrected chi connectivity index (χ2v) is 7.58. The Hall–Kier alpha value is -1.76. The summed E-state index contributed by atoms with van der Waals surface area (Å²) in [7, 11) is 0. The quantitative estimate of drug-likeness (QED) is 0.672. The van der Waals surface area contributed by atoms with Crippen LogP contribution in [0.5, 0.6) is 5.75 Å². The summed E-state index contributed by atoms with van der Waals surface area (Å²) in [6.07, 6.45) is 3.29. The molecule has 0 saturated carbocycles. The maximum atomic E-state index is 6.05. The molecule has 3 N–H and O–H groups in total. The Kier molecular flexibility index (Phi) is 6.99. The number of nitrogens with two attached hydrogens (primary N) is 1. The third-order valence-electron chi connectivity index (χ3n) is 4.56. The average molecular weight is 410 g/mol. The van der Waals surface area contributed by atoms with Crippen LogP contribution in [0.3, 0.4) is 0 Å². The van der Waals surface area contributed by atoms with Crippen LogP contribution in [0.15, 0.2) is 24.3 Å². The first kappa shape index (κ1) is 20.0. The summed E-state index contributed by atoms with van der Waals surface area (Å²) >= 11 is 12.0. The molecule has 1 fully saturated rings. The molecule has 0 atom stereocenters.